The fourth-order valence-electron chi connectivity index (χ4n) is 4.43. The number of aliphatic hydroxyl groups is 2. The summed E-state index contributed by atoms with van der Waals surface area (Å²) in [4.78, 5) is 39.7. The Morgan fingerprint density at radius 3 is 2.30 bits per heavy atom. The normalized spacial score (nSPS) is 20.7. The number of nitrogen functional groups attached to an aromatic ring is 1. The molecule has 0 unspecified atom stereocenters. The topological polar surface area (TPSA) is 229 Å². The van der Waals surface area contributed by atoms with E-state index in [-0.39, 0.29) is 17.4 Å². The van der Waals surface area contributed by atoms with E-state index in [1.54, 1.807) is 0 Å². The second kappa shape index (κ2) is 19.5. The molecule has 2 aromatic rings. The Labute approximate surface area is 252 Å². The van der Waals surface area contributed by atoms with Gasteiger partial charge in [0.05, 0.1) is 12.9 Å². The Bertz CT molecular complexity index is 1200. The van der Waals surface area contributed by atoms with Gasteiger partial charge in [-0.1, -0.05) is 63.3 Å². The van der Waals surface area contributed by atoms with Crippen molar-refractivity contribution in [2.45, 2.75) is 109 Å². The molecular weight excluding hydrogens is 579 g/mol. The number of imidazole rings is 1. The number of primary amides is 1. The molecule has 0 aromatic carbocycles. The van der Waals surface area contributed by atoms with Crippen molar-refractivity contribution in [3.8, 4) is 0 Å². The highest BCUT2D eigenvalue weighted by Crippen LogP contribution is 2.38. The number of phosphoric acid groups is 1. The summed E-state index contributed by atoms with van der Waals surface area (Å²) in [6.45, 7) is 1.65. The maximum Gasteiger partial charge on any atom is 0.469 e. The van der Waals surface area contributed by atoms with Crippen LogP contribution >= 0.6 is 7.82 Å². The lowest BCUT2D eigenvalue weighted by atomic mass is 10.1. The second-order valence-electron chi connectivity index (χ2n) is 10.4. The van der Waals surface area contributed by atoms with Crippen LogP contribution in [0.2, 0.25) is 0 Å². The average Bonchev–Trinajstić information content (AvgIpc) is 3.51. The van der Waals surface area contributed by atoms with Crippen LogP contribution in [0, 0.1) is 0 Å². The standard InChI is InChI=1S/C18H33NO.C10H14N5O7P/c1-2-3-4-5-6-7-8-9-10-11-12-13-14-15-16-17-18(19)20;11-8-5-9(13-2-12-8)15(3-14-5)10-7(17)6(16)4(22-10)1-21-23(18,19)20/h6-7,9-10H,2-5,8,11-17H2,1H3,(H2,19,20);2-4,6-7,10,16-17H,1H2,(H2,11,12,13)(H2,18,19,20)/b7-6-,10-9-;/t;4-,6-,7-,10-/m.1/s1. The summed E-state index contributed by atoms with van der Waals surface area (Å²) in [5.74, 6) is -0.0288. The molecule has 4 atom stereocenters. The summed E-state index contributed by atoms with van der Waals surface area (Å²) in [6.07, 6.45) is 20.5. The molecule has 242 valence electrons. The zero-order chi connectivity index (χ0) is 31.7. The monoisotopic (exact) mass is 626 g/mol. The van der Waals surface area contributed by atoms with E-state index in [2.05, 4.69) is 50.7 Å². The van der Waals surface area contributed by atoms with E-state index in [1.807, 2.05) is 0 Å². The van der Waals surface area contributed by atoms with E-state index in [9.17, 15) is 19.6 Å². The van der Waals surface area contributed by atoms with Crippen molar-refractivity contribution >= 4 is 30.7 Å². The first-order chi connectivity index (χ1) is 20.5. The quantitative estimate of drug-likeness (QED) is 0.0794. The Morgan fingerprint density at radius 1 is 1.00 bits per heavy atom. The number of ether oxygens (including phenoxy) is 1. The van der Waals surface area contributed by atoms with E-state index in [0.717, 1.165) is 19.3 Å². The molecule has 3 rings (SSSR count). The number of rotatable bonds is 18. The number of hydrogen-bond acceptors (Lipinski definition) is 10. The molecule has 1 saturated heterocycles. The minimum Gasteiger partial charge on any atom is -0.387 e. The molecular formula is C28H47N6O8P. The molecule has 1 amide bonds. The van der Waals surface area contributed by atoms with Crippen LogP contribution in [0.4, 0.5) is 5.82 Å². The van der Waals surface area contributed by atoms with Gasteiger partial charge in [0.2, 0.25) is 5.91 Å². The van der Waals surface area contributed by atoms with Crippen molar-refractivity contribution in [3.05, 3.63) is 37.0 Å². The van der Waals surface area contributed by atoms with Gasteiger partial charge in [-0.15, -0.1) is 0 Å². The van der Waals surface area contributed by atoms with Gasteiger partial charge in [0.15, 0.2) is 17.7 Å². The molecule has 14 nitrogen and oxygen atoms in total. The molecule has 1 aliphatic heterocycles. The number of hydrogen-bond donors (Lipinski definition) is 6. The highest BCUT2D eigenvalue weighted by atomic mass is 31.2. The highest BCUT2D eigenvalue weighted by Gasteiger charge is 2.45. The van der Waals surface area contributed by atoms with Gasteiger partial charge in [-0.2, -0.15) is 0 Å². The number of nitrogens with two attached hydrogens (primary N) is 2. The predicted octanol–water partition coefficient (Wildman–Crippen LogP) is 3.42. The lowest BCUT2D eigenvalue weighted by Crippen LogP contribution is -2.33. The molecule has 0 spiro atoms. The molecule has 1 fully saturated rings. The average molecular weight is 627 g/mol. The number of anilines is 1. The van der Waals surface area contributed by atoms with Gasteiger partial charge in [0.1, 0.15) is 30.2 Å². The number of nitrogens with zero attached hydrogens (tertiary/aromatic N) is 4. The fourth-order valence-corrected chi connectivity index (χ4v) is 4.78. The molecule has 2 aromatic heterocycles. The Balaban J connectivity index is 0.000000304. The number of aliphatic hydroxyl groups excluding tert-OH is 2. The van der Waals surface area contributed by atoms with Gasteiger partial charge in [-0.25, -0.2) is 19.5 Å². The van der Waals surface area contributed by atoms with Gasteiger partial charge < -0.3 is 36.2 Å². The first kappa shape index (κ1) is 36.5. The van der Waals surface area contributed by atoms with Crippen LogP contribution in [-0.2, 0) is 18.6 Å². The summed E-state index contributed by atoms with van der Waals surface area (Å²) in [5, 5.41) is 20.1. The van der Waals surface area contributed by atoms with Crippen molar-refractivity contribution in [1.29, 1.82) is 0 Å². The molecule has 0 aliphatic carbocycles. The van der Waals surface area contributed by atoms with Crippen LogP contribution in [0.1, 0.15) is 90.2 Å². The summed E-state index contributed by atoms with van der Waals surface area (Å²) in [7, 11) is -4.72. The predicted molar refractivity (Wildman–Crippen MR) is 162 cm³/mol. The minimum absolute atomic E-state index is 0.142. The van der Waals surface area contributed by atoms with Gasteiger partial charge in [-0.3, -0.25) is 13.9 Å². The maximum absolute atomic E-state index is 10.7. The number of carbonyl (C=O) groups excluding carboxylic acids is 1. The largest absolute Gasteiger partial charge is 0.469 e. The summed E-state index contributed by atoms with van der Waals surface area (Å²) in [5.41, 5.74) is 11.3. The molecule has 3 heterocycles. The van der Waals surface area contributed by atoms with Crippen molar-refractivity contribution in [2.75, 3.05) is 12.3 Å². The van der Waals surface area contributed by atoms with E-state index in [0.29, 0.717) is 11.9 Å². The number of allylic oxidation sites excluding steroid dienone is 4. The van der Waals surface area contributed by atoms with Crippen LogP contribution in [0.3, 0.4) is 0 Å². The molecule has 0 saturated carbocycles. The fraction of sp³-hybridized carbons (Fsp3) is 0.643. The first-order valence-electron chi connectivity index (χ1n) is 14.8. The van der Waals surface area contributed by atoms with E-state index < -0.39 is 39.0 Å². The number of fused-ring (bicyclic) bond motifs is 1. The van der Waals surface area contributed by atoms with Gasteiger partial charge in [0.25, 0.3) is 0 Å². The number of aromatic nitrogens is 4. The lowest BCUT2D eigenvalue weighted by molar-refractivity contribution is -0.118. The van der Waals surface area contributed by atoms with Crippen LogP contribution in [-0.4, -0.2) is 70.3 Å². The summed E-state index contributed by atoms with van der Waals surface area (Å²) in [6, 6.07) is 0. The SMILES string of the molecule is CCCCC/C=C\C/C=C\CCCCCCCC(N)=O.Nc1ncnc2c1ncn2[C@@H]1O[C@H](COP(=O)(O)O)[C@@H](O)[C@H]1O. The minimum atomic E-state index is -4.72. The Morgan fingerprint density at radius 2 is 1.65 bits per heavy atom. The van der Waals surface area contributed by atoms with Crippen LogP contribution < -0.4 is 11.5 Å². The molecule has 0 radical (unpaired) electrons. The molecule has 0 bridgehead atoms. The molecule has 43 heavy (non-hydrogen) atoms. The third kappa shape index (κ3) is 13.6. The second-order valence-corrected chi connectivity index (χ2v) is 11.6. The zero-order valence-electron chi connectivity index (χ0n) is 24.8. The molecule has 1 aliphatic rings. The maximum atomic E-state index is 10.7. The van der Waals surface area contributed by atoms with Crippen molar-refractivity contribution < 1.29 is 38.6 Å². The van der Waals surface area contributed by atoms with Crippen molar-refractivity contribution in [1.82, 2.24) is 19.5 Å². The Hall–Kier alpha value is -2.71. The van der Waals surface area contributed by atoms with Crippen molar-refractivity contribution in [3.63, 3.8) is 0 Å². The van der Waals surface area contributed by atoms with E-state index >= 15 is 0 Å². The highest BCUT2D eigenvalue weighted by molar-refractivity contribution is 7.46. The first-order valence-corrected chi connectivity index (χ1v) is 16.3. The number of phosphoric ester groups is 1. The zero-order valence-corrected chi connectivity index (χ0v) is 25.7. The lowest BCUT2D eigenvalue weighted by Gasteiger charge is -2.16. The van der Waals surface area contributed by atoms with E-state index in [1.165, 1.54) is 68.6 Å². The molecule has 15 heteroatoms. The van der Waals surface area contributed by atoms with Crippen LogP contribution in [0.5, 0.6) is 0 Å². The number of unbranched alkanes of at least 4 members (excludes halogenated alkanes) is 8. The third-order valence-electron chi connectivity index (χ3n) is 6.78. The van der Waals surface area contributed by atoms with Crippen LogP contribution in [0.25, 0.3) is 11.2 Å². The molecule has 8 N–H and O–H groups in total. The van der Waals surface area contributed by atoms with E-state index in [4.69, 9.17) is 26.0 Å². The van der Waals surface area contributed by atoms with Gasteiger partial charge >= 0.3 is 7.82 Å². The number of carbonyl (C=O) groups is 1. The van der Waals surface area contributed by atoms with Crippen LogP contribution in [0.15, 0.2) is 37.0 Å². The van der Waals surface area contributed by atoms with Gasteiger partial charge in [-0.05, 0) is 38.5 Å². The summed E-state index contributed by atoms with van der Waals surface area (Å²) >= 11 is 0. The van der Waals surface area contributed by atoms with Gasteiger partial charge in [0, 0.05) is 6.42 Å². The van der Waals surface area contributed by atoms with Crippen molar-refractivity contribution in [2.24, 2.45) is 5.73 Å². The summed E-state index contributed by atoms with van der Waals surface area (Å²) < 4.78 is 21.8. The Kier molecular flexibility index (Phi) is 16.6. The third-order valence-corrected chi connectivity index (χ3v) is 7.26. The smallest absolute Gasteiger partial charge is 0.387 e. The number of amides is 1.